The van der Waals surface area contributed by atoms with Crippen LogP contribution in [-0.2, 0) is 5.75 Å². The van der Waals surface area contributed by atoms with Crippen LogP contribution in [-0.4, -0.2) is 28.2 Å². The van der Waals surface area contributed by atoms with Crippen molar-refractivity contribution in [3.63, 3.8) is 0 Å². The molecule has 0 atom stereocenters. The summed E-state index contributed by atoms with van der Waals surface area (Å²) in [7, 11) is -0.886. The van der Waals surface area contributed by atoms with E-state index in [4.69, 9.17) is 0 Å². The lowest BCUT2D eigenvalue weighted by molar-refractivity contribution is 1.11. The molecule has 0 N–H and O–H groups in total. The second kappa shape index (κ2) is 5.22. The maximum Gasteiger partial charge on any atom is 0.233 e. The number of nitrogens with zero attached hydrogens (tertiary/aromatic N) is 3. The molecule has 0 amide bonds. The fourth-order valence-electron chi connectivity index (χ4n) is 1.50. The van der Waals surface area contributed by atoms with E-state index in [-0.39, 0.29) is 0 Å². The predicted molar refractivity (Wildman–Crippen MR) is 77.3 cm³/mol. The fourth-order valence-corrected chi connectivity index (χ4v) is 5.02. The molecule has 2 heterocycles. The Labute approximate surface area is 108 Å². The monoisotopic (exact) mass is 265 g/mol. The van der Waals surface area contributed by atoms with Crippen molar-refractivity contribution in [1.29, 1.82) is 0 Å². The summed E-state index contributed by atoms with van der Waals surface area (Å²) in [5, 5.41) is 0. The van der Waals surface area contributed by atoms with Gasteiger partial charge in [0.1, 0.15) is 0 Å². The van der Waals surface area contributed by atoms with Crippen molar-refractivity contribution < 1.29 is 0 Å². The Kier molecular flexibility index (Phi) is 3.88. The van der Waals surface area contributed by atoms with E-state index in [1.54, 1.807) is 6.20 Å². The van der Waals surface area contributed by atoms with E-state index in [1.807, 2.05) is 28.4 Å². The average molecular weight is 265 g/mol. The Morgan fingerprint density at radius 3 is 2.88 bits per heavy atom. The van der Waals surface area contributed by atoms with E-state index in [0.29, 0.717) is 0 Å². The number of aromatic nitrogens is 3. The van der Waals surface area contributed by atoms with Crippen LogP contribution >= 0.6 is 11.8 Å². The molecule has 0 aliphatic heterocycles. The van der Waals surface area contributed by atoms with Crippen LogP contribution in [0.3, 0.4) is 0 Å². The van der Waals surface area contributed by atoms with Crippen LogP contribution in [0.2, 0.25) is 25.7 Å². The van der Waals surface area contributed by atoms with Gasteiger partial charge in [-0.05, 0) is 17.9 Å². The molecular formula is C12H19N3SSi. The highest BCUT2D eigenvalue weighted by Gasteiger charge is 2.12. The lowest BCUT2D eigenvalue weighted by atomic mass is 10.6. The van der Waals surface area contributed by atoms with Gasteiger partial charge in [-0.1, -0.05) is 19.6 Å². The molecule has 0 bridgehead atoms. The van der Waals surface area contributed by atoms with Crippen LogP contribution in [0.5, 0.6) is 0 Å². The number of imidazole rings is 1. The first-order valence-corrected chi connectivity index (χ1v) is 10.8. The van der Waals surface area contributed by atoms with Gasteiger partial charge >= 0.3 is 0 Å². The third-order valence-corrected chi connectivity index (χ3v) is 5.64. The molecule has 92 valence electrons. The number of hydrogen-bond acceptors (Lipinski definition) is 3. The molecule has 0 fully saturated rings. The van der Waals surface area contributed by atoms with E-state index in [1.165, 1.54) is 11.8 Å². The van der Waals surface area contributed by atoms with Gasteiger partial charge in [0.05, 0.1) is 5.69 Å². The van der Waals surface area contributed by atoms with Gasteiger partial charge in [-0.15, -0.1) is 0 Å². The van der Waals surface area contributed by atoms with E-state index in [9.17, 15) is 0 Å². The summed E-state index contributed by atoms with van der Waals surface area (Å²) in [5.41, 5.74) is 1.13. The summed E-state index contributed by atoms with van der Waals surface area (Å²) < 4.78 is 1.98. The third kappa shape index (κ3) is 3.85. The van der Waals surface area contributed by atoms with Crippen LogP contribution in [0.1, 0.15) is 5.69 Å². The molecule has 2 rings (SSSR count). The number of thioether (sulfide) groups is 1. The molecule has 0 radical (unpaired) electrons. The number of hydrogen-bond donors (Lipinski definition) is 0. The van der Waals surface area contributed by atoms with Crippen LogP contribution < -0.4 is 0 Å². The van der Waals surface area contributed by atoms with Crippen molar-refractivity contribution in [2.45, 2.75) is 31.4 Å². The summed E-state index contributed by atoms with van der Waals surface area (Å²) in [4.78, 5) is 8.71. The molecule has 2 aromatic rings. The van der Waals surface area contributed by atoms with Crippen molar-refractivity contribution in [1.82, 2.24) is 14.4 Å². The van der Waals surface area contributed by atoms with E-state index in [0.717, 1.165) is 17.2 Å². The fraction of sp³-hybridized carbons (Fsp3) is 0.500. The third-order valence-electron chi connectivity index (χ3n) is 2.53. The zero-order valence-corrected chi connectivity index (χ0v) is 12.5. The molecule has 3 nitrogen and oxygen atoms in total. The normalized spacial score (nSPS) is 12.2. The molecule has 2 aromatic heterocycles. The summed E-state index contributed by atoms with van der Waals surface area (Å²) in [6.07, 6.45) is 5.85. The SMILES string of the molecule is C[Si](C)(C)CCSCc1cn2cccnc2n1. The minimum atomic E-state index is -0.886. The molecular weight excluding hydrogens is 246 g/mol. The smallest absolute Gasteiger partial charge is 0.233 e. The quantitative estimate of drug-likeness (QED) is 0.614. The van der Waals surface area contributed by atoms with Crippen LogP contribution in [0, 0.1) is 0 Å². The largest absolute Gasteiger partial charge is 0.291 e. The Bertz CT molecular complexity index is 457. The van der Waals surface area contributed by atoms with Gasteiger partial charge in [0, 0.05) is 32.4 Å². The summed E-state index contributed by atoms with van der Waals surface area (Å²) >= 11 is 1.98. The van der Waals surface area contributed by atoms with Crippen molar-refractivity contribution in [2.75, 3.05) is 5.75 Å². The zero-order chi connectivity index (χ0) is 12.3. The molecule has 17 heavy (non-hydrogen) atoms. The molecule has 0 saturated carbocycles. The van der Waals surface area contributed by atoms with Gasteiger partial charge in [-0.2, -0.15) is 11.8 Å². The second-order valence-corrected chi connectivity index (χ2v) is 12.1. The molecule has 5 heteroatoms. The molecule has 0 aromatic carbocycles. The lowest BCUT2D eigenvalue weighted by Crippen LogP contribution is -2.19. The molecule has 0 unspecified atom stereocenters. The van der Waals surface area contributed by atoms with Gasteiger partial charge in [0.25, 0.3) is 0 Å². The van der Waals surface area contributed by atoms with Gasteiger partial charge in [0.2, 0.25) is 5.78 Å². The minimum absolute atomic E-state index is 0.799. The first-order chi connectivity index (χ1) is 8.04. The standard InChI is InChI=1S/C12H19N3SSi/c1-17(2,3)8-7-16-10-11-9-15-6-4-5-13-12(15)14-11/h4-6,9H,7-8,10H2,1-3H3. The lowest BCUT2D eigenvalue weighted by Gasteiger charge is -2.14. The number of rotatable bonds is 5. The highest BCUT2D eigenvalue weighted by Crippen LogP contribution is 2.17. The average Bonchev–Trinajstić information content (AvgIpc) is 2.65. The number of fused-ring (bicyclic) bond motifs is 1. The minimum Gasteiger partial charge on any atom is -0.291 e. The van der Waals surface area contributed by atoms with E-state index in [2.05, 4.69) is 35.8 Å². The molecule has 0 aliphatic rings. The van der Waals surface area contributed by atoms with Crippen LogP contribution in [0.15, 0.2) is 24.7 Å². The first kappa shape index (κ1) is 12.6. The van der Waals surface area contributed by atoms with E-state index >= 15 is 0 Å². The van der Waals surface area contributed by atoms with Crippen molar-refractivity contribution in [3.05, 3.63) is 30.4 Å². The van der Waals surface area contributed by atoms with Crippen LogP contribution in [0.25, 0.3) is 5.78 Å². The van der Waals surface area contributed by atoms with Gasteiger partial charge in [-0.3, -0.25) is 4.40 Å². The van der Waals surface area contributed by atoms with Gasteiger partial charge < -0.3 is 0 Å². The first-order valence-electron chi connectivity index (χ1n) is 5.91. The topological polar surface area (TPSA) is 30.2 Å². The highest BCUT2D eigenvalue weighted by atomic mass is 32.2. The summed E-state index contributed by atoms with van der Waals surface area (Å²) in [5.74, 6) is 3.04. The Hall–Kier alpha value is -0.813. The molecule has 0 saturated heterocycles. The second-order valence-electron chi connectivity index (χ2n) is 5.42. The van der Waals surface area contributed by atoms with Crippen molar-refractivity contribution in [2.24, 2.45) is 0 Å². The van der Waals surface area contributed by atoms with Crippen LogP contribution in [0.4, 0.5) is 0 Å². The van der Waals surface area contributed by atoms with Gasteiger partial charge in [0.15, 0.2) is 0 Å². The molecule has 0 spiro atoms. The highest BCUT2D eigenvalue weighted by molar-refractivity contribution is 7.98. The maximum absolute atomic E-state index is 4.49. The Balaban J connectivity index is 1.87. The maximum atomic E-state index is 4.49. The predicted octanol–water partition coefficient (Wildman–Crippen LogP) is 3.30. The van der Waals surface area contributed by atoms with Crippen molar-refractivity contribution >= 4 is 25.6 Å². The summed E-state index contributed by atoms with van der Waals surface area (Å²) in [6.45, 7) is 7.26. The zero-order valence-electron chi connectivity index (χ0n) is 10.7. The molecule has 0 aliphatic carbocycles. The van der Waals surface area contributed by atoms with E-state index < -0.39 is 8.07 Å². The Morgan fingerprint density at radius 1 is 1.35 bits per heavy atom. The van der Waals surface area contributed by atoms with Gasteiger partial charge in [-0.25, -0.2) is 9.97 Å². The summed E-state index contributed by atoms with van der Waals surface area (Å²) in [6, 6.07) is 3.31. The Morgan fingerprint density at radius 2 is 2.18 bits per heavy atom. The van der Waals surface area contributed by atoms with Crippen molar-refractivity contribution in [3.8, 4) is 0 Å².